The van der Waals surface area contributed by atoms with Crippen molar-refractivity contribution in [2.24, 2.45) is 0 Å². The highest BCUT2D eigenvalue weighted by molar-refractivity contribution is 9.09. The number of unbranched alkanes of at least 4 members (excludes halogenated alkanes) is 1. The van der Waals surface area contributed by atoms with Gasteiger partial charge >= 0.3 is 6.16 Å². The van der Waals surface area contributed by atoms with Gasteiger partial charge in [0.15, 0.2) is 0 Å². The molecule has 0 amide bonds. The number of carbonyl (C=O) groups is 1. The van der Waals surface area contributed by atoms with Crippen molar-refractivity contribution in [1.82, 2.24) is 0 Å². The molecule has 0 saturated heterocycles. The molecule has 4 heteroatoms. The third kappa shape index (κ3) is 9.67. The molecule has 0 heterocycles. The zero-order chi connectivity index (χ0) is 10.3. The van der Waals surface area contributed by atoms with E-state index in [1.165, 1.54) is 0 Å². The average molecular weight is 253 g/mol. The van der Waals surface area contributed by atoms with E-state index in [0.717, 1.165) is 18.2 Å². The van der Waals surface area contributed by atoms with Crippen molar-refractivity contribution in [1.29, 1.82) is 0 Å². The maximum Gasteiger partial charge on any atom is 0.508 e. The highest BCUT2D eigenvalue weighted by Crippen LogP contribution is 2.08. The van der Waals surface area contributed by atoms with E-state index in [9.17, 15) is 4.79 Å². The van der Waals surface area contributed by atoms with E-state index in [-0.39, 0.29) is 0 Å². The SMILES string of the molecule is CC(C)(C)OC(=O)OCCCCBr. The van der Waals surface area contributed by atoms with E-state index in [1.54, 1.807) is 0 Å². The van der Waals surface area contributed by atoms with Gasteiger partial charge in [0.05, 0.1) is 6.61 Å². The highest BCUT2D eigenvalue weighted by Gasteiger charge is 2.16. The molecule has 0 aliphatic carbocycles. The Hall–Kier alpha value is -0.250. The lowest BCUT2D eigenvalue weighted by Gasteiger charge is -2.18. The van der Waals surface area contributed by atoms with Gasteiger partial charge in [-0.3, -0.25) is 0 Å². The molecule has 0 atom stereocenters. The van der Waals surface area contributed by atoms with Crippen LogP contribution in [0.25, 0.3) is 0 Å². The minimum absolute atomic E-state index is 0.431. The number of ether oxygens (including phenoxy) is 2. The Kier molecular flexibility index (Phi) is 6.12. The first-order valence-electron chi connectivity index (χ1n) is 4.37. The Bertz CT molecular complexity index is 151. The van der Waals surface area contributed by atoms with Crippen molar-refractivity contribution < 1.29 is 14.3 Å². The minimum Gasteiger partial charge on any atom is -0.434 e. The molecule has 0 bridgehead atoms. The lowest BCUT2D eigenvalue weighted by molar-refractivity contribution is -0.00749. The third-order valence-electron chi connectivity index (χ3n) is 1.14. The fourth-order valence-electron chi connectivity index (χ4n) is 0.632. The predicted octanol–water partition coefficient (Wildman–Crippen LogP) is 3.11. The van der Waals surface area contributed by atoms with Crippen molar-refractivity contribution in [2.45, 2.75) is 39.2 Å². The first-order valence-corrected chi connectivity index (χ1v) is 5.49. The summed E-state index contributed by atoms with van der Waals surface area (Å²) in [6.45, 7) is 5.87. The van der Waals surface area contributed by atoms with E-state index in [1.807, 2.05) is 20.8 Å². The van der Waals surface area contributed by atoms with Crippen molar-refractivity contribution in [3.8, 4) is 0 Å². The van der Waals surface area contributed by atoms with Gasteiger partial charge < -0.3 is 9.47 Å². The second-order valence-electron chi connectivity index (χ2n) is 3.71. The Labute approximate surface area is 87.9 Å². The van der Waals surface area contributed by atoms with Crippen LogP contribution in [0.1, 0.15) is 33.6 Å². The largest absolute Gasteiger partial charge is 0.508 e. The molecule has 0 rings (SSSR count). The minimum atomic E-state index is -0.581. The number of rotatable bonds is 4. The molecule has 78 valence electrons. The summed E-state index contributed by atoms with van der Waals surface area (Å²) in [5.74, 6) is 0. The first-order chi connectivity index (χ1) is 5.95. The standard InChI is InChI=1S/C9H17BrO3/c1-9(2,3)13-8(11)12-7-5-4-6-10/h4-7H2,1-3H3. The molecule has 0 aromatic rings. The molecule has 0 saturated carbocycles. The van der Waals surface area contributed by atoms with E-state index < -0.39 is 11.8 Å². The zero-order valence-corrected chi connectivity index (χ0v) is 10.0. The Balaban J connectivity index is 3.41. The van der Waals surface area contributed by atoms with Gasteiger partial charge in [0.1, 0.15) is 5.60 Å². The summed E-state index contributed by atoms with van der Waals surface area (Å²) in [6, 6.07) is 0. The summed E-state index contributed by atoms with van der Waals surface area (Å²) in [6.07, 6.45) is 1.29. The van der Waals surface area contributed by atoms with E-state index in [0.29, 0.717) is 6.61 Å². The summed E-state index contributed by atoms with van der Waals surface area (Å²) in [4.78, 5) is 11.0. The lowest BCUT2D eigenvalue weighted by atomic mass is 10.2. The van der Waals surface area contributed by atoms with Gasteiger partial charge in [0, 0.05) is 5.33 Å². The van der Waals surface area contributed by atoms with Gasteiger partial charge in [-0.2, -0.15) is 0 Å². The lowest BCUT2D eigenvalue weighted by Crippen LogP contribution is -2.24. The van der Waals surface area contributed by atoms with Crippen LogP contribution in [0.2, 0.25) is 0 Å². The molecule has 0 radical (unpaired) electrons. The predicted molar refractivity (Wildman–Crippen MR) is 55.2 cm³/mol. The molecule has 0 aromatic heterocycles. The van der Waals surface area contributed by atoms with Crippen molar-refractivity contribution >= 4 is 22.1 Å². The quantitative estimate of drug-likeness (QED) is 0.438. The second-order valence-corrected chi connectivity index (χ2v) is 4.50. The monoisotopic (exact) mass is 252 g/mol. The molecule has 0 unspecified atom stereocenters. The number of hydrogen-bond acceptors (Lipinski definition) is 3. The van der Waals surface area contributed by atoms with Crippen LogP contribution in [-0.4, -0.2) is 23.7 Å². The smallest absolute Gasteiger partial charge is 0.434 e. The van der Waals surface area contributed by atoms with Crippen LogP contribution >= 0.6 is 15.9 Å². The Morgan fingerprint density at radius 3 is 2.38 bits per heavy atom. The van der Waals surface area contributed by atoms with Gasteiger partial charge in [-0.25, -0.2) is 4.79 Å². The Morgan fingerprint density at radius 1 is 1.31 bits per heavy atom. The van der Waals surface area contributed by atoms with Crippen LogP contribution < -0.4 is 0 Å². The van der Waals surface area contributed by atoms with Crippen molar-refractivity contribution in [2.75, 3.05) is 11.9 Å². The first kappa shape index (κ1) is 12.8. The summed E-state index contributed by atoms with van der Waals surface area (Å²) in [5.41, 5.74) is -0.466. The summed E-state index contributed by atoms with van der Waals surface area (Å²) >= 11 is 3.29. The van der Waals surface area contributed by atoms with Crippen LogP contribution in [0.3, 0.4) is 0 Å². The van der Waals surface area contributed by atoms with Gasteiger partial charge in [-0.05, 0) is 33.6 Å². The van der Waals surface area contributed by atoms with Crippen molar-refractivity contribution in [3.63, 3.8) is 0 Å². The van der Waals surface area contributed by atoms with Crippen LogP contribution in [0.5, 0.6) is 0 Å². The number of hydrogen-bond donors (Lipinski definition) is 0. The molecular formula is C9H17BrO3. The topological polar surface area (TPSA) is 35.5 Å². The molecule has 0 aliphatic rings. The van der Waals surface area contributed by atoms with E-state index in [4.69, 9.17) is 9.47 Å². The molecule has 3 nitrogen and oxygen atoms in total. The van der Waals surface area contributed by atoms with Gasteiger partial charge in [-0.1, -0.05) is 15.9 Å². The maximum atomic E-state index is 11.0. The van der Waals surface area contributed by atoms with E-state index >= 15 is 0 Å². The molecule has 0 spiro atoms. The van der Waals surface area contributed by atoms with Crippen LogP contribution in [0.4, 0.5) is 4.79 Å². The molecule has 13 heavy (non-hydrogen) atoms. The summed E-state index contributed by atoms with van der Waals surface area (Å²) < 4.78 is 9.78. The number of alkyl halides is 1. The van der Waals surface area contributed by atoms with Gasteiger partial charge in [0.25, 0.3) is 0 Å². The summed E-state index contributed by atoms with van der Waals surface area (Å²) in [7, 11) is 0. The van der Waals surface area contributed by atoms with Crippen LogP contribution in [0, 0.1) is 0 Å². The van der Waals surface area contributed by atoms with Crippen molar-refractivity contribution in [3.05, 3.63) is 0 Å². The molecule has 0 aromatic carbocycles. The Morgan fingerprint density at radius 2 is 1.92 bits per heavy atom. The fourth-order valence-corrected chi connectivity index (χ4v) is 1.03. The normalized spacial score (nSPS) is 11.1. The maximum absolute atomic E-state index is 11.0. The number of carbonyl (C=O) groups excluding carboxylic acids is 1. The van der Waals surface area contributed by atoms with Gasteiger partial charge in [-0.15, -0.1) is 0 Å². The summed E-state index contributed by atoms with van der Waals surface area (Å²) in [5, 5.41) is 0.935. The van der Waals surface area contributed by atoms with E-state index in [2.05, 4.69) is 15.9 Å². The van der Waals surface area contributed by atoms with Gasteiger partial charge in [0.2, 0.25) is 0 Å². The number of halogens is 1. The highest BCUT2D eigenvalue weighted by atomic mass is 79.9. The van der Waals surface area contributed by atoms with Crippen LogP contribution in [0.15, 0.2) is 0 Å². The second kappa shape index (κ2) is 6.24. The van der Waals surface area contributed by atoms with Crippen LogP contribution in [-0.2, 0) is 9.47 Å². The molecular weight excluding hydrogens is 236 g/mol. The fraction of sp³-hybridized carbons (Fsp3) is 0.889. The molecule has 0 N–H and O–H groups in total. The molecule has 0 fully saturated rings. The molecule has 0 aliphatic heterocycles. The zero-order valence-electron chi connectivity index (χ0n) is 8.43. The average Bonchev–Trinajstić information content (AvgIpc) is 1.94. The third-order valence-corrected chi connectivity index (χ3v) is 1.70.